The van der Waals surface area contributed by atoms with Crippen LogP contribution < -0.4 is 16.0 Å². The largest absolute Gasteiger partial charge is 0.356 e. The number of carbonyl (C=O) groups excluding carboxylic acids is 2. The van der Waals surface area contributed by atoms with Crippen molar-refractivity contribution in [3.8, 4) is 0 Å². The number of hydrogen-bond acceptors (Lipinski definition) is 3. The maximum Gasteiger partial charge on any atom is 0.223 e. The summed E-state index contributed by atoms with van der Waals surface area (Å²) in [6.45, 7) is 3.48. The van der Waals surface area contributed by atoms with Crippen LogP contribution in [0.3, 0.4) is 0 Å². The first kappa shape index (κ1) is 20.2. The second-order valence-corrected chi connectivity index (χ2v) is 5.76. The summed E-state index contributed by atoms with van der Waals surface area (Å²) in [5.41, 5.74) is 0. The number of rotatable bonds is 8. The highest BCUT2D eigenvalue weighted by atomic mass is 35.5. The van der Waals surface area contributed by atoms with Gasteiger partial charge in [0.15, 0.2) is 0 Å². The molecule has 0 aromatic rings. The molecule has 0 aromatic heterocycles. The Morgan fingerprint density at radius 1 is 1.14 bits per heavy atom. The number of amides is 2. The number of hydrogen-bond donors (Lipinski definition) is 3. The van der Waals surface area contributed by atoms with Gasteiger partial charge in [-0.2, -0.15) is 0 Å². The van der Waals surface area contributed by atoms with Crippen LogP contribution in [0.15, 0.2) is 0 Å². The Morgan fingerprint density at radius 2 is 1.81 bits per heavy atom. The molecule has 5 nitrogen and oxygen atoms in total. The summed E-state index contributed by atoms with van der Waals surface area (Å²) in [5.74, 6) is 0.294. The fraction of sp³-hybridized carbons (Fsp3) is 0.867. The summed E-state index contributed by atoms with van der Waals surface area (Å²) in [7, 11) is 1.89. The van der Waals surface area contributed by atoms with Crippen LogP contribution in [0.4, 0.5) is 0 Å². The lowest BCUT2D eigenvalue weighted by atomic mass is 9.88. The molecule has 124 valence electrons. The highest BCUT2D eigenvalue weighted by molar-refractivity contribution is 5.85. The van der Waals surface area contributed by atoms with Crippen LogP contribution >= 0.6 is 12.4 Å². The van der Waals surface area contributed by atoms with Crippen molar-refractivity contribution in [2.24, 2.45) is 5.92 Å². The van der Waals surface area contributed by atoms with Gasteiger partial charge in [0.05, 0.1) is 0 Å². The van der Waals surface area contributed by atoms with Gasteiger partial charge in [0.1, 0.15) is 0 Å². The summed E-state index contributed by atoms with van der Waals surface area (Å²) in [6, 6.07) is -0.0891. The Bertz CT molecular complexity index is 307. The lowest BCUT2D eigenvalue weighted by Gasteiger charge is -2.23. The standard InChI is InChI=1S/C15H29N3O2.ClH/c1-12(11-14(19)17-10-6-9-16-2)18-15(20)13-7-4-3-5-8-13;/h12-13,16H,3-11H2,1-2H3,(H,17,19)(H,18,20);1H. The predicted molar refractivity (Wildman–Crippen MR) is 87.6 cm³/mol. The molecule has 0 bridgehead atoms. The van der Waals surface area contributed by atoms with E-state index in [1.54, 1.807) is 0 Å². The van der Waals surface area contributed by atoms with E-state index < -0.39 is 0 Å². The summed E-state index contributed by atoms with van der Waals surface area (Å²) in [5, 5.41) is 8.88. The van der Waals surface area contributed by atoms with Gasteiger partial charge in [-0.3, -0.25) is 9.59 Å². The Labute approximate surface area is 134 Å². The van der Waals surface area contributed by atoms with Gasteiger partial charge in [0.25, 0.3) is 0 Å². The Hall–Kier alpha value is -0.810. The molecule has 1 atom stereocenters. The highest BCUT2D eigenvalue weighted by Crippen LogP contribution is 2.23. The van der Waals surface area contributed by atoms with E-state index in [-0.39, 0.29) is 36.2 Å². The molecular formula is C15H30ClN3O2. The first-order valence-electron chi connectivity index (χ1n) is 7.85. The Balaban J connectivity index is 0.00000400. The van der Waals surface area contributed by atoms with Gasteiger partial charge < -0.3 is 16.0 Å². The van der Waals surface area contributed by atoms with Crippen molar-refractivity contribution in [2.45, 2.75) is 57.9 Å². The molecule has 2 amide bonds. The van der Waals surface area contributed by atoms with E-state index in [0.717, 1.165) is 38.6 Å². The second-order valence-electron chi connectivity index (χ2n) is 5.76. The van der Waals surface area contributed by atoms with E-state index in [9.17, 15) is 9.59 Å². The number of nitrogens with one attached hydrogen (secondary N) is 3. The van der Waals surface area contributed by atoms with Crippen molar-refractivity contribution < 1.29 is 9.59 Å². The molecule has 1 rings (SSSR count). The van der Waals surface area contributed by atoms with Crippen LogP contribution in [-0.4, -0.2) is 38.0 Å². The second kappa shape index (κ2) is 11.8. The van der Waals surface area contributed by atoms with E-state index >= 15 is 0 Å². The van der Waals surface area contributed by atoms with Crippen molar-refractivity contribution in [3.05, 3.63) is 0 Å². The Kier molecular flexibility index (Phi) is 11.4. The molecule has 0 spiro atoms. The van der Waals surface area contributed by atoms with Crippen molar-refractivity contribution in [1.82, 2.24) is 16.0 Å². The molecule has 1 aliphatic carbocycles. The molecule has 6 heteroatoms. The third kappa shape index (κ3) is 8.94. The molecule has 1 aliphatic rings. The summed E-state index contributed by atoms with van der Waals surface area (Å²) >= 11 is 0. The highest BCUT2D eigenvalue weighted by Gasteiger charge is 2.22. The minimum atomic E-state index is -0.0891. The molecule has 0 heterocycles. The van der Waals surface area contributed by atoms with E-state index in [1.807, 2.05) is 14.0 Å². The van der Waals surface area contributed by atoms with Gasteiger partial charge in [-0.25, -0.2) is 0 Å². The topological polar surface area (TPSA) is 70.2 Å². The van der Waals surface area contributed by atoms with Gasteiger partial charge in [0.2, 0.25) is 11.8 Å². The van der Waals surface area contributed by atoms with Crippen LogP contribution in [0.5, 0.6) is 0 Å². The fourth-order valence-corrected chi connectivity index (χ4v) is 2.62. The first-order chi connectivity index (χ1) is 9.63. The lowest BCUT2D eigenvalue weighted by Crippen LogP contribution is -2.41. The van der Waals surface area contributed by atoms with Crippen molar-refractivity contribution in [3.63, 3.8) is 0 Å². The minimum absolute atomic E-state index is 0. The van der Waals surface area contributed by atoms with Gasteiger partial charge in [-0.1, -0.05) is 19.3 Å². The zero-order valence-electron chi connectivity index (χ0n) is 13.2. The summed E-state index contributed by atoms with van der Waals surface area (Å²) < 4.78 is 0. The van der Waals surface area contributed by atoms with Gasteiger partial charge in [-0.15, -0.1) is 12.4 Å². The van der Waals surface area contributed by atoms with Crippen molar-refractivity contribution >= 4 is 24.2 Å². The normalized spacial score (nSPS) is 16.7. The molecule has 0 aliphatic heterocycles. The van der Waals surface area contributed by atoms with E-state index in [1.165, 1.54) is 6.42 Å². The molecule has 0 radical (unpaired) electrons. The zero-order chi connectivity index (χ0) is 14.8. The van der Waals surface area contributed by atoms with Crippen LogP contribution in [0.2, 0.25) is 0 Å². The average Bonchev–Trinajstić information content (AvgIpc) is 2.44. The van der Waals surface area contributed by atoms with Crippen molar-refractivity contribution in [1.29, 1.82) is 0 Å². The van der Waals surface area contributed by atoms with Gasteiger partial charge in [0, 0.05) is 24.9 Å². The van der Waals surface area contributed by atoms with Crippen LogP contribution in [0.25, 0.3) is 0 Å². The summed E-state index contributed by atoms with van der Waals surface area (Å²) in [6.07, 6.45) is 6.82. The SMILES string of the molecule is CNCCCNC(=O)CC(C)NC(=O)C1CCCCC1.Cl. The number of carbonyl (C=O) groups is 2. The van der Waals surface area contributed by atoms with E-state index in [0.29, 0.717) is 13.0 Å². The summed E-state index contributed by atoms with van der Waals surface area (Å²) in [4.78, 5) is 23.7. The number of halogens is 1. The predicted octanol–water partition coefficient (Wildman–Crippen LogP) is 1.61. The molecular weight excluding hydrogens is 290 g/mol. The lowest BCUT2D eigenvalue weighted by molar-refractivity contribution is -0.127. The Morgan fingerprint density at radius 3 is 2.43 bits per heavy atom. The van der Waals surface area contributed by atoms with Crippen LogP contribution in [-0.2, 0) is 9.59 Å². The minimum Gasteiger partial charge on any atom is -0.356 e. The van der Waals surface area contributed by atoms with E-state index in [2.05, 4.69) is 16.0 Å². The molecule has 1 saturated carbocycles. The monoisotopic (exact) mass is 319 g/mol. The molecule has 1 fully saturated rings. The molecule has 0 aromatic carbocycles. The van der Waals surface area contributed by atoms with Crippen LogP contribution in [0, 0.1) is 5.92 Å². The van der Waals surface area contributed by atoms with Crippen molar-refractivity contribution in [2.75, 3.05) is 20.1 Å². The van der Waals surface area contributed by atoms with E-state index in [4.69, 9.17) is 0 Å². The molecule has 1 unspecified atom stereocenters. The zero-order valence-corrected chi connectivity index (χ0v) is 14.1. The fourth-order valence-electron chi connectivity index (χ4n) is 2.62. The average molecular weight is 320 g/mol. The third-order valence-corrected chi connectivity index (χ3v) is 3.78. The van der Waals surface area contributed by atoms with Gasteiger partial charge >= 0.3 is 0 Å². The molecule has 0 saturated heterocycles. The first-order valence-corrected chi connectivity index (χ1v) is 7.85. The van der Waals surface area contributed by atoms with Crippen LogP contribution in [0.1, 0.15) is 51.9 Å². The molecule has 21 heavy (non-hydrogen) atoms. The maximum atomic E-state index is 12.0. The quantitative estimate of drug-likeness (QED) is 0.595. The third-order valence-electron chi connectivity index (χ3n) is 3.78. The van der Waals surface area contributed by atoms with Gasteiger partial charge in [-0.05, 0) is 39.8 Å². The smallest absolute Gasteiger partial charge is 0.223 e. The maximum absolute atomic E-state index is 12.0. The molecule has 3 N–H and O–H groups in total.